The van der Waals surface area contributed by atoms with Crippen LogP contribution in [0.25, 0.3) is 0 Å². The summed E-state index contributed by atoms with van der Waals surface area (Å²) in [6.45, 7) is -0.0420. The van der Waals surface area contributed by atoms with E-state index in [4.69, 9.17) is 9.15 Å². The molecule has 2 aliphatic rings. The van der Waals surface area contributed by atoms with Crippen molar-refractivity contribution >= 4 is 29.7 Å². The first-order chi connectivity index (χ1) is 14.1. The molecule has 150 valence electrons. The zero-order chi connectivity index (χ0) is 20.4. The Balaban J connectivity index is 1.54. The Bertz CT molecular complexity index is 969. The number of benzene rings is 1. The van der Waals surface area contributed by atoms with Crippen LogP contribution in [0.15, 0.2) is 63.2 Å². The van der Waals surface area contributed by atoms with Gasteiger partial charge in [-0.1, -0.05) is 12.1 Å². The molecule has 3 heterocycles. The van der Waals surface area contributed by atoms with Crippen LogP contribution in [0.2, 0.25) is 0 Å². The number of cyclic esters (lactones) is 1. The minimum atomic E-state index is -0.606. The fraction of sp³-hybridized carbons (Fsp3) is 0.250. The quantitative estimate of drug-likeness (QED) is 0.556. The van der Waals surface area contributed by atoms with Crippen LogP contribution in [-0.4, -0.2) is 42.2 Å². The van der Waals surface area contributed by atoms with Crippen LogP contribution in [0.4, 0.5) is 4.79 Å². The summed E-state index contributed by atoms with van der Waals surface area (Å²) in [6, 6.07) is 10.0. The second kappa shape index (κ2) is 8.04. The minimum absolute atomic E-state index is 0.0353. The third-order valence-corrected chi connectivity index (χ3v) is 5.53. The summed E-state index contributed by atoms with van der Waals surface area (Å²) in [5, 5.41) is 5.51. The number of rotatable bonds is 6. The molecule has 0 aliphatic carbocycles. The lowest BCUT2D eigenvalue weighted by atomic mass is 9.96. The molecule has 29 heavy (non-hydrogen) atoms. The van der Waals surface area contributed by atoms with E-state index in [1.807, 2.05) is 30.5 Å². The van der Waals surface area contributed by atoms with Gasteiger partial charge in [-0.3, -0.25) is 9.69 Å². The molecular formula is C20H19N3O5S. The van der Waals surface area contributed by atoms with E-state index in [2.05, 4.69) is 10.6 Å². The van der Waals surface area contributed by atoms with Gasteiger partial charge in [0.2, 0.25) is 5.91 Å². The van der Waals surface area contributed by atoms with Crippen LogP contribution >= 0.6 is 11.8 Å². The molecule has 0 spiro atoms. The van der Waals surface area contributed by atoms with Gasteiger partial charge in [-0.05, 0) is 36.1 Å². The highest BCUT2D eigenvalue weighted by Crippen LogP contribution is 2.35. The van der Waals surface area contributed by atoms with Crippen molar-refractivity contribution in [3.8, 4) is 0 Å². The maximum atomic E-state index is 12.7. The Morgan fingerprint density at radius 2 is 2.07 bits per heavy atom. The lowest BCUT2D eigenvalue weighted by molar-refractivity contribution is -0.136. The molecule has 0 radical (unpaired) electrons. The van der Waals surface area contributed by atoms with E-state index in [9.17, 15) is 14.4 Å². The molecule has 2 aromatic rings. The Kier molecular flexibility index (Phi) is 5.30. The molecule has 1 aromatic heterocycles. The van der Waals surface area contributed by atoms with Crippen LogP contribution in [0.5, 0.6) is 0 Å². The molecule has 0 bridgehead atoms. The number of nitrogens with zero attached hydrogens (tertiary/aromatic N) is 1. The predicted molar refractivity (Wildman–Crippen MR) is 105 cm³/mol. The lowest BCUT2D eigenvalue weighted by Crippen LogP contribution is -2.50. The first kappa shape index (κ1) is 19.1. The number of ether oxygens (including phenoxy) is 1. The van der Waals surface area contributed by atoms with Crippen molar-refractivity contribution < 1.29 is 23.5 Å². The van der Waals surface area contributed by atoms with Crippen molar-refractivity contribution in [1.29, 1.82) is 0 Å². The first-order valence-electron chi connectivity index (χ1n) is 8.98. The van der Waals surface area contributed by atoms with Gasteiger partial charge in [0.25, 0.3) is 0 Å². The minimum Gasteiger partial charge on any atom is -0.467 e. The number of nitrogens with one attached hydrogen (secondary N) is 2. The summed E-state index contributed by atoms with van der Waals surface area (Å²) in [5.74, 6) is -0.250. The predicted octanol–water partition coefficient (Wildman–Crippen LogP) is 2.20. The van der Waals surface area contributed by atoms with Gasteiger partial charge in [-0.2, -0.15) is 0 Å². The van der Waals surface area contributed by atoms with Crippen molar-refractivity contribution in [2.45, 2.75) is 17.5 Å². The molecule has 0 saturated heterocycles. The number of furan rings is 1. The van der Waals surface area contributed by atoms with Gasteiger partial charge in [-0.25, -0.2) is 9.59 Å². The molecule has 3 amide bonds. The van der Waals surface area contributed by atoms with Crippen LogP contribution in [0, 0.1) is 0 Å². The fourth-order valence-electron chi connectivity index (χ4n) is 3.32. The van der Waals surface area contributed by atoms with Gasteiger partial charge in [0, 0.05) is 4.90 Å². The maximum absolute atomic E-state index is 12.7. The number of esters is 1. The maximum Gasteiger partial charge on any atom is 0.338 e. The van der Waals surface area contributed by atoms with Crippen molar-refractivity contribution in [3.63, 3.8) is 0 Å². The van der Waals surface area contributed by atoms with E-state index in [1.54, 1.807) is 23.9 Å². The zero-order valence-electron chi connectivity index (χ0n) is 15.6. The number of thioether (sulfide) groups is 1. The molecule has 9 heteroatoms. The van der Waals surface area contributed by atoms with Crippen molar-refractivity contribution in [1.82, 2.24) is 15.5 Å². The standard InChI is InChI=1S/C20H19N3O5S/c1-29-14-6-4-12(5-7-14)18-17-15(11-28-19(17)25)23(20(26)22-18)10-16(24)21-9-13-3-2-8-27-13/h2-8,18H,9-11H2,1H3,(H,21,24)(H,22,26). The summed E-state index contributed by atoms with van der Waals surface area (Å²) < 4.78 is 10.4. The summed E-state index contributed by atoms with van der Waals surface area (Å²) in [4.78, 5) is 39.7. The highest BCUT2D eigenvalue weighted by atomic mass is 32.2. The van der Waals surface area contributed by atoms with E-state index in [1.165, 1.54) is 11.2 Å². The highest BCUT2D eigenvalue weighted by Gasteiger charge is 2.42. The lowest BCUT2D eigenvalue weighted by Gasteiger charge is -2.32. The van der Waals surface area contributed by atoms with Gasteiger partial charge in [0.15, 0.2) is 0 Å². The third kappa shape index (κ3) is 3.86. The van der Waals surface area contributed by atoms with Gasteiger partial charge in [-0.15, -0.1) is 11.8 Å². The van der Waals surface area contributed by atoms with Crippen molar-refractivity contribution in [3.05, 3.63) is 65.3 Å². The molecule has 1 unspecified atom stereocenters. The van der Waals surface area contributed by atoms with Crippen LogP contribution < -0.4 is 10.6 Å². The monoisotopic (exact) mass is 413 g/mol. The number of amides is 3. The van der Waals surface area contributed by atoms with Gasteiger partial charge in [0.05, 0.1) is 30.1 Å². The molecule has 2 aliphatic heterocycles. The molecular weight excluding hydrogens is 394 g/mol. The Hall–Kier alpha value is -3.20. The summed E-state index contributed by atoms with van der Waals surface area (Å²) in [6.07, 6.45) is 3.49. The third-order valence-electron chi connectivity index (χ3n) is 4.79. The number of carbonyl (C=O) groups is 3. The van der Waals surface area contributed by atoms with Gasteiger partial charge in [0.1, 0.15) is 18.9 Å². The Labute approximate surface area is 171 Å². The summed E-state index contributed by atoms with van der Waals surface area (Å²) >= 11 is 1.61. The number of carbonyl (C=O) groups excluding carboxylic acids is 3. The highest BCUT2D eigenvalue weighted by molar-refractivity contribution is 7.98. The average molecular weight is 413 g/mol. The summed E-state index contributed by atoms with van der Waals surface area (Å²) in [7, 11) is 0. The van der Waals surface area contributed by atoms with E-state index < -0.39 is 18.0 Å². The first-order valence-corrected chi connectivity index (χ1v) is 10.2. The smallest absolute Gasteiger partial charge is 0.338 e. The van der Waals surface area contributed by atoms with E-state index in [0.29, 0.717) is 17.0 Å². The van der Waals surface area contributed by atoms with E-state index >= 15 is 0 Å². The normalized spacial score (nSPS) is 18.4. The van der Waals surface area contributed by atoms with Crippen LogP contribution in [0.1, 0.15) is 17.4 Å². The molecule has 0 fully saturated rings. The second-order valence-corrected chi connectivity index (χ2v) is 7.41. The van der Waals surface area contributed by atoms with E-state index in [0.717, 1.165) is 10.5 Å². The zero-order valence-corrected chi connectivity index (χ0v) is 16.5. The van der Waals surface area contributed by atoms with Gasteiger partial charge >= 0.3 is 12.0 Å². The number of hydrogen-bond acceptors (Lipinski definition) is 6. The Morgan fingerprint density at radius 3 is 2.76 bits per heavy atom. The van der Waals surface area contributed by atoms with Crippen LogP contribution in [0.3, 0.4) is 0 Å². The molecule has 4 rings (SSSR count). The topological polar surface area (TPSA) is 101 Å². The molecule has 8 nitrogen and oxygen atoms in total. The number of hydrogen-bond donors (Lipinski definition) is 2. The van der Waals surface area contributed by atoms with E-state index in [-0.39, 0.29) is 25.6 Å². The molecule has 0 saturated carbocycles. The average Bonchev–Trinajstić information content (AvgIpc) is 3.38. The van der Waals surface area contributed by atoms with Crippen molar-refractivity contribution in [2.24, 2.45) is 0 Å². The van der Waals surface area contributed by atoms with Gasteiger partial charge < -0.3 is 19.8 Å². The Morgan fingerprint density at radius 1 is 1.28 bits per heavy atom. The second-order valence-electron chi connectivity index (χ2n) is 6.53. The van der Waals surface area contributed by atoms with Crippen LogP contribution in [-0.2, 0) is 20.9 Å². The molecule has 1 atom stereocenters. The number of urea groups is 1. The SMILES string of the molecule is CSc1ccc(C2NC(=O)N(CC(=O)NCc3ccco3)C3=C2C(=O)OC3)cc1. The molecule has 2 N–H and O–H groups in total. The summed E-state index contributed by atoms with van der Waals surface area (Å²) in [5.41, 5.74) is 1.57. The fourth-order valence-corrected chi connectivity index (χ4v) is 3.73. The molecule has 1 aromatic carbocycles. The van der Waals surface area contributed by atoms with Crippen molar-refractivity contribution in [2.75, 3.05) is 19.4 Å². The largest absolute Gasteiger partial charge is 0.467 e.